The summed E-state index contributed by atoms with van der Waals surface area (Å²) in [5.41, 5.74) is 13.5. The average Bonchev–Trinajstić information content (AvgIpc) is 2.87. The van der Waals surface area contributed by atoms with Gasteiger partial charge < -0.3 is 10.4 Å². The summed E-state index contributed by atoms with van der Waals surface area (Å²) in [7, 11) is 0. The van der Waals surface area contributed by atoms with E-state index in [2.05, 4.69) is 118 Å². The summed E-state index contributed by atoms with van der Waals surface area (Å²) in [6, 6.07) is 17.2. The van der Waals surface area contributed by atoms with Crippen LogP contribution < -0.4 is 5.11 Å². The average molecular weight is 603 g/mol. The van der Waals surface area contributed by atoms with Gasteiger partial charge in [0.15, 0.2) is 0 Å². The van der Waals surface area contributed by atoms with Gasteiger partial charge in [0.1, 0.15) is 0 Å². The Kier molecular flexibility index (Phi) is 15.7. The first kappa shape index (κ1) is 39.2. The zero-order chi connectivity index (χ0) is 32.6. The van der Waals surface area contributed by atoms with Crippen molar-refractivity contribution in [1.82, 2.24) is 0 Å². The van der Waals surface area contributed by atoms with Crippen LogP contribution in [0.4, 0.5) is 11.4 Å². The van der Waals surface area contributed by atoms with Crippen LogP contribution in [0.5, 0.6) is 0 Å². The number of para-hydroxylation sites is 2. The van der Waals surface area contributed by atoms with Crippen LogP contribution in [0.3, 0.4) is 0 Å². The predicted octanol–water partition coefficient (Wildman–Crippen LogP) is 11.4. The molecule has 3 rings (SSSR count). The third-order valence-corrected chi connectivity index (χ3v) is 7.63. The van der Waals surface area contributed by atoms with Gasteiger partial charge in [0.25, 0.3) is 0 Å². The Hall–Kier alpha value is -2.82. The fraction of sp³-hybridized carbons (Fsp3) is 0.425. The van der Waals surface area contributed by atoms with Crippen molar-refractivity contribution in [3.8, 4) is 0 Å². The number of nitrogens with zero attached hydrogens (tertiary/aromatic N) is 2. The van der Waals surface area contributed by atoms with Crippen molar-refractivity contribution in [3.05, 3.63) is 117 Å². The maximum absolute atomic E-state index is 11.1. The molecule has 0 heterocycles. The van der Waals surface area contributed by atoms with Crippen LogP contribution in [0.1, 0.15) is 137 Å². The molecule has 0 bridgehead atoms. The second-order valence-corrected chi connectivity index (χ2v) is 13.0. The SMILES string of the molecule is C=C([O-])c1c(C)cc(C)cc1C.CC(/C=C(/C)[N-]c1c(C(C)C)cccc1C(C)C)=Nc1c(C(C)C)cccc1C(C)C.[Mg+2]. The third-order valence-electron chi connectivity index (χ3n) is 7.63. The van der Waals surface area contributed by atoms with Crippen LogP contribution in [0, 0.1) is 20.8 Å². The topological polar surface area (TPSA) is 49.5 Å². The molecule has 0 aromatic heterocycles. The molecule has 0 saturated heterocycles. The molecular weight excluding hydrogens is 549 g/mol. The van der Waals surface area contributed by atoms with E-state index in [-0.39, 0.29) is 28.8 Å². The summed E-state index contributed by atoms with van der Waals surface area (Å²) in [4.78, 5) is 5.08. The van der Waals surface area contributed by atoms with Crippen LogP contribution in [-0.4, -0.2) is 28.8 Å². The molecule has 0 fully saturated rings. The Morgan fingerprint density at radius 1 is 0.727 bits per heavy atom. The number of benzene rings is 3. The second-order valence-electron chi connectivity index (χ2n) is 13.0. The minimum Gasteiger partial charge on any atom is -0.872 e. The first-order valence-corrected chi connectivity index (χ1v) is 15.7. The molecule has 0 aliphatic carbocycles. The normalized spacial score (nSPS) is 11.9. The van der Waals surface area contributed by atoms with E-state index in [9.17, 15) is 5.11 Å². The standard InChI is InChI=1S/C29H41N2.C11H14O.Mg/c1-18(2)24-13-11-14-25(19(3)4)28(24)30-22(9)17-23(10)31-29-26(20(5)6)15-12-16-27(29)21(7)8;1-7-5-8(2)11(10(4)12)9(3)6-7;/h11-21H,1-10H3;5-6,12H,4H2,1-3H3;/q-1;;+2/p-1/b22-17-,31-23?;;. The largest absolute Gasteiger partial charge is 2.00 e. The Morgan fingerprint density at radius 2 is 1.11 bits per heavy atom. The maximum atomic E-state index is 11.1. The number of hydrogen-bond acceptors (Lipinski definition) is 2. The maximum Gasteiger partial charge on any atom is 2.00 e. The van der Waals surface area contributed by atoms with Gasteiger partial charge in [-0.2, -0.15) is 5.70 Å². The molecule has 0 N–H and O–H groups in total. The summed E-state index contributed by atoms with van der Waals surface area (Å²) in [5.74, 6) is 1.65. The van der Waals surface area contributed by atoms with E-state index in [0.29, 0.717) is 23.7 Å². The first-order valence-electron chi connectivity index (χ1n) is 15.7. The number of rotatable bonds is 9. The first-order chi connectivity index (χ1) is 20.0. The van der Waals surface area contributed by atoms with E-state index in [1.54, 1.807) is 0 Å². The predicted molar refractivity (Wildman–Crippen MR) is 194 cm³/mol. The van der Waals surface area contributed by atoms with Gasteiger partial charge in [-0.25, -0.2) is 0 Å². The van der Waals surface area contributed by atoms with Crippen LogP contribution >= 0.6 is 0 Å². The molecule has 0 atom stereocenters. The van der Waals surface area contributed by atoms with E-state index in [0.717, 1.165) is 39.5 Å². The molecule has 0 radical (unpaired) electrons. The quantitative estimate of drug-likeness (QED) is 0.136. The molecule has 4 heteroatoms. The van der Waals surface area contributed by atoms with E-state index in [4.69, 9.17) is 10.3 Å². The monoisotopic (exact) mass is 602 g/mol. The van der Waals surface area contributed by atoms with Crippen molar-refractivity contribution in [2.45, 2.75) is 114 Å². The van der Waals surface area contributed by atoms with Crippen molar-refractivity contribution < 1.29 is 5.11 Å². The van der Waals surface area contributed by atoms with Gasteiger partial charge in [0.05, 0.1) is 5.69 Å². The Morgan fingerprint density at radius 3 is 1.48 bits per heavy atom. The van der Waals surface area contributed by atoms with Crippen LogP contribution in [0.2, 0.25) is 0 Å². The number of allylic oxidation sites excluding steroid dienone is 2. The summed E-state index contributed by atoms with van der Waals surface area (Å²) >= 11 is 0. The summed E-state index contributed by atoms with van der Waals surface area (Å²) in [5, 5.41) is 16.2. The molecule has 0 unspecified atom stereocenters. The summed E-state index contributed by atoms with van der Waals surface area (Å²) < 4.78 is 0. The molecule has 0 aliphatic heterocycles. The van der Waals surface area contributed by atoms with Gasteiger partial charge in [-0.3, -0.25) is 4.99 Å². The van der Waals surface area contributed by atoms with Gasteiger partial charge >= 0.3 is 23.1 Å². The molecule has 3 aromatic carbocycles. The molecule has 0 spiro atoms. The molecule has 3 aromatic rings. The molecule has 0 saturated carbocycles. The fourth-order valence-electron chi connectivity index (χ4n) is 5.62. The molecule has 44 heavy (non-hydrogen) atoms. The summed E-state index contributed by atoms with van der Waals surface area (Å²) in [6.45, 7) is 31.4. The van der Waals surface area contributed by atoms with E-state index in [1.165, 1.54) is 27.8 Å². The fourth-order valence-corrected chi connectivity index (χ4v) is 5.62. The number of aryl methyl sites for hydroxylation is 3. The van der Waals surface area contributed by atoms with Gasteiger partial charge in [-0.05, 0) is 79.2 Å². The second kappa shape index (κ2) is 17.6. The van der Waals surface area contributed by atoms with Crippen molar-refractivity contribution in [1.29, 1.82) is 0 Å². The third kappa shape index (κ3) is 10.7. The number of aliphatic imine (C=N–C) groups is 1. The minimum absolute atomic E-state index is 0. The van der Waals surface area contributed by atoms with E-state index >= 15 is 0 Å². The minimum atomic E-state index is -0.0926. The van der Waals surface area contributed by atoms with Crippen molar-refractivity contribution in [2.24, 2.45) is 4.99 Å². The van der Waals surface area contributed by atoms with E-state index in [1.807, 2.05) is 32.9 Å². The van der Waals surface area contributed by atoms with Crippen LogP contribution in [-0.2, 0) is 0 Å². The number of hydrogen-bond donors (Lipinski definition) is 0. The van der Waals surface area contributed by atoms with Crippen molar-refractivity contribution in [3.63, 3.8) is 0 Å². The van der Waals surface area contributed by atoms with Gasteiger partial charge in [0, 0.05) is 5.71 Å². The van der Waals surface area contributed by atoms with Crippen molar-refractivity contribution in [2.75, 3.05) is 0 Å². The van der Waals surface area contributed by atoms with Crippen molar-refractivity contribution >= 4 is 45.9 Å². The molecule has 0 amide bonds. The van der Waals surface area contributed by atoms with Crippen LogP contribution in [0.15, 0.2) is 71.9 Å². The van der Waals surface area contributed by atoms with E-state index < -0.39 is 0 Å². The Bertz CT molecular complexity index is 1400. The molecule has 232 valence electrons. The zero-order valence-corrected chi connectivity index (χ0v) is 31.1. The van der Waals surface area contributed by atoms with Gasteiger partial charge in [0.2, 0.25) is 0 Å². The Balaban J connectivity index is 0.000000624. The van der Waals surface area contributed by atoms with Gasteiger partial charge in [-0.1, -0.05) is 134 Å². The zero-order valence-electron chi connectivity index (χ0n) is 29.7. The molecular formula is C40H54MgN2O. The molecule has 0 aliphatic rings. The smallest absolute Gasteiger partial charge is 0.872 e. The molecule has 3 nitrogen and oxygen atoms in total. The van der Waals surface area contributed by atoms with Gasteiger partial charge in [-0.15, -0.1) is 18.0 Å². The summed E-state index contributed by atoms with van der Waals surface area (Å²) in [6.07, 6.45) is 2.11. The van der Waals surface area contributed by atoms with Crippen LogP contribution in [0.25, 0.3) is 11.1 Å². The Labute approximate surface area is 285 Å².